The zero-order valence-electron chi connectivity index (χ0n) is 20.7. The van der Waals surface area contributed by atoms with Crippen LogP contribution in [0.3, 0.4) is 0 Å². The van der Waals surface area contributed by atoms with Gasteiger partial charge in [0.15, 0.2) is 0 Å². The molecule has 2 N–H and O–H groups in total. The second kappa shape index (κ2) is 9.04. The summed E-state index contributed by atoms with van der Waals surface area (Å²) < 4.78 is 5.83. The molecular weight excluding hydrogens is 452 g/mol. The number of amides is 1. The fourth-order valence-electron chi connectivity index (χ4n) is 4.83. The molecule has 0 saturated carbocycles. The third-order valence-electron chi connectivity index (χ3n) is 6.45. The minimum absolute atomic E-state index is 0.00433. The maximum atomic E-state index is 13.5. The van der Waals surface area contributed by atoms with Gasteiger partial charge in [-0.15, -0.1) is 0 Å². The number of nitrogens with zero attached hydrogens (tertiary/aromatic N) is 1. The van der Waals surface area contributed by atoms with Crippen molar-refractivity contribution >= 4 is 34.0 Å². The number of nitrogens with one attached hydrogen (secondary N) is 1. The van der Waals surface area contributed by atoms with Crippen LogP contribution in [-0.4, -0.2) is 27.9 Å². The summed E-state index contributed by atoms with van der Waals surface area (Å²) in [5.74, 6) is -0.897. The number of ketones is 1. The molecule has 5 rings (SSSR count). The lowest BCUT2D eigenvalue weighted by Crippen LogP contribution is -2.29. The first kappa shape index (κ1) is 23.4. The van der Waals surface area contributed by atoms with E-state index in [9.17, 15) is 14.7 Å². The zero-order valence-corrected chi connectivity index (χ0v) is 20.7. The van der Waals surface area contributed by atoms with Gasteiger partial charge in [0.2, 0.25) is 0 Å². The Bertz CT molecular complexity index is 1530. The van der Waals surface area contributed by atoms with E-state index in [4.69, 9.17) is 4.74 Å². The van der Waals surface area contributed by atoms with Gasteiger partial charge in [-0.2, -0.15) is 0 Å². The van der Waals surface area contributed by atoms with Crippen LogP contribution in [0, 0.1) is 13.8 Å². The number of aliphatic hydroxyl groups excluding tert-OH is 1. The van der Waals surface area contributed by atoms with Crippen LogP contribution in [0.4, 0.5) is 5.69 Å². The smallest absolute Gasteiger partial charge is 0.300 e. The zero-order chi connectivity index (χ0) is 25.6. The van der Waals surface area contributed by atoms with E-state index >= 15 is 0 Å². The number of carbonyl (C=O) groups excluding carboxylic acids is 2. The van der Waals surface area contributed by atoms with Gasteiger partial charge in [0.05, 0.1) is 17.7 Å². The standard InChI is InChI=1S/C30H28N2O4/c1-17(2)36-25-13-12-20(15-19(25)4)28(33)26-27(23-16-31-24-11-6-5-10-22(23)24)32(30(35)29(26)34)21-9-7-8-18(3)14-21/h5-17,27,31,33H,1-4H3/b28-26+. The molecule has 1 atom stereocenters. The second-order valence-electron chi connectivity index (χ2n) is 9.44. The van der Waals surface area contributed by atoms with Gasteiger partial charge in [-0.1, -0.05) is 30.3 Å². The Balaban J connectivity index is 1.73. The fourth-order valence-corrected chi connectivity index (χ4v) is 4.83. The van der Waals surface area contributed by atoms with E-state index in [0.29, 0.717) is 17.0 Å². The van der Waals surface area contributed by atoms with Gasteiger partial charge < -0.3 is 14.8 Å². The lowest BCUT2D eigenvalue weighted by atomic mass is 9.94. The molecule has 0 radical (unpaired) electrons. The molecule has 36 heavy (non-hydrogen) atoms. The maximum absolute atomic E-state index is 13.5. The van der Waals surface area contributed by atoms with Crippen molar-refractivity contribution in [2.45, 2.75) is 39.8 Å². The SMILES string of the molecule is Cc1cccc(N2C(=O)C(=O)/C(=C(/O)c3ccc(OC(C)C)c(C)c3)C2c2c[nH]c3ccccc23)c1. The average molecular weight is 481 g/mol. The minimum Gasteiger partial charge on any atom is -0.507 e. The third kappa shape index (κ3) is 3.94. The monoisotopic (exact) mass is 480 g/mol. The predicted octanol–water partition coefficient (Wildman–Crippen LogP) is 6.20. The van der Waals surface area contributed by atoms with Crippen LogP contribution in [0.1, 0.15) is 42.1 Å². The van der Waals surface area contributed by atoms with Crippen LogP contribution in [0.2, 0.25) is 0 Å². The van der Waals surface area contributed by atoms with Gasteiger partial charge in [-0.3, -0.25) is 14.5 Å². The van der Waals surface area contributed by atoms with Crippen LogP contribution in [0.5, 0.6) is 5.75 Å². The number of aromatic nitrogens is 1. The predicted molar refractivity (Wildman–Crippen MR) is 141 cm³/mol. The molecule has 1 aliphatic heterocycles. The molecule has 1 unspecified atom stereocenters. The number of aromatic amines is 1. The Kier molecular flexibility index (Phi) is 5.88. The summed E-state index contributed by atoms with van der Waals surface area (Å²) >= 11 is 0. The van der Waals surface area contributed by atoms with Crippen molar-refractivity contribution in [1.82, 2.24) is 4.98 Å². The van der Waals surface area contributed by atoms with Gasteiger partial charge in [0.25, 0.3) is 11.7 Å². The van der Waals surface area contributed by atoms with Crippen molar-refractivity contribution in [3.8, 4) is 5.75 Å². The van der Waals surface area contributed by atoms with Crippen LogP contribution in [0.25, 0.3) is 16.7 Å². The van der Waals surface area contributed by atoms with E-state index in [-0.39, 0.29) is 17.4 Å². The largest absolute Gasteiger partial charge is 0.507 e. The van der Waals surface area contributed by atoms with Crippen molar-refractivity contribution in [1.29, 1.82) is 0 Å². The molecule has 3 aromatic carbocycles. The highest BCUT2D eigenvalue weighted by molar-refractivity contribution is 6.51. The van der Waals surface area contributed by atoms with Crippen molar-refractivity contribution < 1.29 is 19.4 Å². The summed E-state index contributed by atoms with van der Waals surface area (Å²) in [6, 6.07) is 19.7. The lowest BCUT2D eigenvalue weighted by Gasteiger charge is -2.25. The number of benzene rings is 3. The summed E-state index contributed by atoms with van der Waals surface area (Å²) in [5.41, 5.74) is 4.52. The Morgan fingerprint density at radius 1 is 1.00 bits per heavy atom. The molecule has 0 spiro atoms. The quantitative estimate of drug-likeness (QED) is 0.202. The number of rotatable bonds is 5. The van der Waals surface area contributed by atoms with Crippen LogP contribution >= 0.6 is 0 Å². The van der Waals surface area contributed by atoms with Crippen LogP contribution in [0.15, 0.2) is 78.5 Å². The Labute approximate surface area is 209 Å². The highest BCUT2D eigenvalue weighted by atomic mass is 16.5. The van der Waals surface area contributed by atoms with Gasteiger partial charge >= 0.3 is 0 Å². The normalized spacial score (nSPS) is 17.4. The third-order valence-corrected chi connectivity index (χ3v) is 6.45. The van der Waals surface area contributed by atoms with Crippen molar-refractivity contribution in [2.24, 2.45) is 0 Å². The number of hydrogen-bond donors (Lipinski definition) is 2. The number of anilines is 1. The van der Waals surface area contributed by atoms with E-state index in [1.807, 2.05) is 82.4 Å². The van der Waals surface area contributed by atoms with E-state index in [0.717, 1.165) is 27.6 Å². The maximum Gasteiger partial charge on any atom is 0.300 e. The van der Waals surface area contributed by atoms with Crippen molar-refractivity contribution in [2.75, 3.05) is 4.90 Å². The number of carbonyl (C=O) groups is 2. The number of ether oxygens (including phenoxy) is 1. The number of aliphatic hydroxyl groups is 1. The molecule has 1 aromatic heterocycles. The molecule has 182 valence electrons. The molecule has 0 aliphatic carbocycles. The van der Waals surface area contributed by atoms with Gasteiger partial charge in [-0.05, 0) is 75.2 Å². The first-order valence-corrected chi connectivity index (χ1v) is 12.0. The lowest BCUT2D eigenvalue weighted by molar-refractivity contribution is -0.132. The Morgan fingerprint density at radius 3 is 2.50 bits per heavy atom. The molecular formula is C30H28N2O4. The average Bonchev–Trinajstić information content (AvgIpc) is 3.38. The fraction of sp³-hybridized carbons (Fsp3) is 0.200. The Morgan fingerprint density at radius 2 is 1.78 bits per heavy atom. The van der Waals surface area contributed by atoms with Crippen LogP contribution < -0.4 is 9.64 Å². The number of para-hydroxylation sites is 1. The number of fused-ring (bicyclic) bond motifs is 1. The van der Waals surface area contributed by atoms with Crippen LogP contribution in [-0.2, 0) is 9.59 Å². The van der Waals surface area contributed by atoms with Gasteiger partial charge in [0, 0.05) is 33.9 Å². The highest BCUT2D eigenvalue weighted by Crippen LogP contribution is 2.44. The summed E-state index contributed by atoms with van der Waals surface area (Å²) in [7, 11) is 0. The summed E-state index contributed by atoms with van der Waals surface area (Å²) in [5, 5.41) is 12.4. The van der Waals surface area contributed by atoms with Gasteiger partial charge in [-0.25, -0.2) is 0 Å². The minimum atomic E-state index is -0.796. The topological polar surface area (TPSA) is 82.6 Å². The summed E-state index contributed by atoms with van der Waals surface area (Å²) in [4.78, 5) is 31.7. The molecule has 1 amide bonds. The first-order valence-electron chi connectivity index (χ1n) is 12.0. The molecule has 1 aliphatic rings. The number of Topliss-reactive ketones (excluding diaryl/α,β-unsaturated/α-hetero) is 1. The van der Waals surface area contributed by atoms with Crippen molar-refractivity contribution in [3.05, 3.63) is 101 Å². The summed E-state index contributed by atoms with van der Waals surface area (Å²) in [6.45, 7) is 7.71. The molecule has 1 fully saturated rings. The molecule has 6 nitrogen and oxygen atoms in total. The Hall–Kier alpha value is -4.32. The van der Waals surface area contributed by atoms with E-state index in [1.54, 1.807) is 18.2 Å². The molecule has 6 heteroatoms. The highest BCUT2D eigenvalue weighted by Gasteiger charge is 2.47. The summed E-state index contributed by atoms with van der Waals surface area (Å²) in [6.07, 6.45) is 1.81. The molecule has 1 saturated heterocycles. The molecule has 4 aromatic rings. The van der Waals surface area contributed by atoms with E-state index in [1.165, 1.54) is 4.90 Å². The number of H-pyrrole nitrogens is 1. The first-order chi connectivity index (χ1) is 17.3. The van der Waals surface area contributed by atoms with E-state index in [2.05, 4.69) is 4.98 Å². The number of aryl methyl sites for hydroxylation is 2. The molecule has 2 heterocycles. The second-order valence-corrected chi connectivity index (χ2v) is 9.44. The van der Waals surface area contributed by atoms with E-state index < -0.39 is 17.7 Å². The number of hydrogen-bond acceptors (Lipinski definition) is 4. The van der Waals surface area contributed by atoms with Crippen molar-refractivity contribution in [3.63, 3.8) is 0 Å². The molecule has 0 bridgehead atoms. The van der Waals surface area contributed by atoms with Gasteiger partial charge in [0.1, 0.15) is 11.5 Å².